The second-order valence-electron chi connectivity index (χ2n) is 6.00. The quantitative estimate of drug-likeness (QED) is 0.536. The van der Waals surface area contributed by atoms with Crippen LogP contribution in [-0.2, 0) is 4.74 Å². The molecule has 1 aromatic carbocycles. The maximum atomic E-state index is 12.4. The summed E-state index contributed by atoms with van der Waals surface area (Å²) >= 11 is 2.93. The van der Waals surface area contributed by atoms with Gasteiger partial charge in [-0.15, -0.1) is 22.7 Å². The largest absolute Gasteiger partial charge is 0.451 e. The Morgan fingerprint density at radius 1 is 1.31 bits per heavy atom. The molecule has 0 aliphatic heterocycles. The van der Waals surface area contributed by atoms with E-state index in [-0.39, 0.29) is 5.56 Å². The molecule has 0 saturated heterocycles. The van der Waals surface area contributed by atoms with Crippen molar-refractivity contribution in [3.8, 4) is 0 Å². The van der Waals surface area contributed by atoms with Gasteiger partial charge >= 0.3 is 5.97 Å². The number of aryl methyl sites for hydroxylation is 2. The van der Waals surface area contributed by atoms with Crippen LogP contribution in [0, 0.1) is 13.8 Å². The van der Waals surface area contributed by atoms with E-state index in [0.29, 0.717) is 21.6 Å². The molecule has 3 aromatic heterocycles. The number of rotatable bonds is 3. The number of fused-ring (bicyclic) bond motifs is 2. The van der Waals surface area contributed by atoms with E-state index < -0.39 is 12.1 Å². The van der Waals surface area contributed by atoms with E-state index in [1.165, 1.54) is 22.7 Å². The Morgan fingerprint density at radius 3 is 2.92 bits per heavy atom. The molecule has 0 bridgehead atoms. The minimum absolute atomic E-state index is 0.208. The van der Waals surface area contributed by atoms with Gasteiger partial charge in [-0.1, -0.05) is 0 Å². The number of aromatic amines is 1. The van der Waals surface area contributed by atoms with Gasteiger partial charge in [-0.25, -0.2) is 14.8 Å². The number of hydrogen-bond acceptors (Lipinski definition) is 7. The van der Waals surface area contributed by atoms with Crippen molar-refractivity contribution in [2.45, 2.75) is 26.9 Å². The third-order valence-electron chi connectivity index (χ3n) is 4.29. The second-order valence-corrected chi connectivity index (χ2v) is 8.09. The summed E-state index contributed by atoms with van der Waals surface area (Å²) in [6.45, 7) is 5.56. The summed E-state index contributed by atoms with van der Waals surface area (Å²) in [4.78, 5) is 38.0. The zero-order chi connectivity index (χ0) is 18.4. The molecule has 26 heavy (non-hydrogen) atoms. The molecule has 1 atom stereocenters. The molecule has 132 valence electrons. The highest BCUT2D eigenvalue weighted by atomic mass is 32.1. The lowest BCUT2D eigenvalue weighted by Crippen LogP contribution is -2.17. The minimum atomic E-state index is -0.667. The highest BCUT2D eigenvalue weighted by Crippen LogP contribution is 2.27. The van der Waals surface area contributed by atoms with Gasteiger partial charge in [-0.3, -0.25) is 4.79 Å². The van der Waals surface area contributed by atoms with Crippen LogP contribution in [0.1, 0.15) is 39.7 Å². The minimum Gasteiger partial charge on any atom is -0.451 e. The van der Waals surface area contributed by atoms with Gasteiger partial charge in [0.1, 0.15) is 4.83 Å². The van der Waals surface area contributed by atoms with Crippen molar-refractivity contribution in [3.63, 3.8) is 0 Å². The molecule has 0 unspecified atom stereocenters. The van der Waals surface area contributed by atoms with Crippen LogP contribution in [0.25, 0.3) is 20.4 Å². The fourth-order valence-corrected chi connectivity index (χ4v) is 4.48. The summed E-state index contributed by atoms with van der Waals surface area (Å²) in [5.41, 5.74) is 3.75. The topological polar surface area (TPSA) is 84.9 Å². The van der Waals surface area contributed by atoms with E-state index >= 15 is 0 Å². The van der Waals surface area contributed by atoms with E-state index in [0.717, 1.165) is 20.7 Å². The van der Waals surface area contributed by atoms with Crippen molar-refractivity contribution in [1.29, 1.82) is 0 Å². The molecule has 0 aliphatic rings. The van der Waals surface area contributed by atoms with Crippen molar-refractivity contribution in [2.75, 3.05) is 0 Å². The molecule has 0 fully saturated rings. The van der Waals surface area contributed by atoms with Gasteiger partial charge < -0.3 is 9.72 Å². The Balaban J connectivity index is 1.63. The molecule has 0 aliphatic carbocycles. The van der Waals surface area contributed by atoms with Crippen LogP contribution in [0.15, 0.2) is 28.5 Å². The first-order valence-corrected chi connectivity index (χ1v) is 9.68. The molecular weight excluding hydrogens is 370 g/mol. The molecular formula is C18H15N3O3S2. The molecule has 4 rings (SSSR count). The Kier molecular flexibility index (Phi) is 4.08. The number of thiazole rings is 1. The number of hydrogen-bond donors (Lipinski definition) is 1. The average molecular weight is 385 g/mol. The first kappa shape index (κ1) is 16.9. The van der Waals surface area contributed by atoms with Crippen LogP contribution in [-0.4, -0.2) is 20.9 Å². The molecule has 8 heteroatoms. The number of H-pyrrole nitrogens is 1. The monoisotopic (exact) mass is 385 g/mol. The molecule has 4 aromatic rings. The van der Waals surface area contributed by atoms with Gasteiger partial charge in [-0.2, -0.15) is 0 Å². The third kappa shape index (κ3) is 2.81. The van der Waals surface area contributed by atoms with Crippen molar-refractivity contribution in [1.82, 2.24) is 15.0 Å². The van der Waals surface area contributed by atoms with Crippen molar-refractivity contribution in [2.24, 2.45) is 0 Å². The number of carbonyl (C=O) groups excluding carboxylic acids is 1. The molecule has 0 spiro atoms. The molecule has 0 amide bonds. The second kappa shape index (κ2) is 6.30. The van der Waals surface area contributed by atoms with E-state index in [1.54, 1.807) is 30.6 Å². The standard InChI is InChI=1S/C18H15N3O3S2/c1-8-10(3)26-17-14(8)16(22)20-15(21-17)9(2)24-18(23)11-4-5-12-13(6-11)25-7-19-12/h4-7,9H,1-3H3,(H,20,21,22)/t9-/m1/s1. The van der Waals surface area contributed by atoms with Gasteiger partial charge in [0.15, 0.2) is 11.9 Å². The molecule has 0 radical (unpaired) electrons. The van der Waals surface area contributed by atoms with Crippen LogP contribution in [0.3, 0.4) is 0 Å². The Morgan fingerprint density at radius 2 is 2.12 bits per heavy atom. The third-order valence-corrected chi connectivity index (χ3v) is 6.19. The van der Waals surface area contributed by atoms with Crippen molar-refractivity contribution < 1.29 is 9.53 Å². The van der Waals surface area contributed by atoms with Crippen molar-refractivity contribution >= 4 is 49.1 Å². The molecule has 6 nitrogen and oxygen atoms in total. The highest BCUT2D eigenvalue weighted by Gasteiger charge is 2.19. The van der Waals surface area contributed by atoms with E-state index in [1.807, 2.05) is 13.8 Å². The first-order chi connectivity index (χ1) is 12.4. The van der Waals surface area contributed by atoms with Gasteiger partial charge in [0.2, 0.25) is 0 Å². The average Bonchev–Trinajstić information content (AvgIpc) is 3.18. The van der Waals surface area contributed by atoms with Crippen LogP contribution < -0.4 is 5.56 Å². The van der Waals surface area contributed by atoms with Crippen LogP contribution in [0.4, 0.5) is 0 Å². The predicted octanol–water partition coefficient (Wildman–Crippen LogP) is 4.13. The summed E-state index contributed by atoms with van der Waals surface area (Å²) in [7, 11) is 0. The number of benzene rings is 1. The van der Waals surface area contributed by atoms with Crippen LogP contribution in [0.2, 0.25) is 0 Å². The number of ether oxygens (including phenoxy) is 1. The van der Waals surface area contributed by atoms with E-state index in [4.69, 9.17) is 4.74 Å². The lowest BCUT2D eigenvalue weighted by Gasteiger charge is -2.12. The summed E-state index contributed by atoms with van der Waals surface area (Å²) in [5.74, 6) is -0.120. The predicted molar refractivity (Wildman–Crippen MR) is 103 cm³/mol. The molecule has 1 N–H and O–H groups in total. The first-order valence-electron chi connectivity index (χ1n) is 7.98. The smallest absolute Gasteiger partial charge is 0.338 e. The van der Waals surface area contributed by atoms with Gasteiger partial charge in [0.25, 0.3) is 5.56 Å². The number of aromatic nitrogens is 3. The normalized spacial score (nSPS) is 12.6. The SMILES string of the molecule is Cc1sc2nc([C@@H](C)OC(=O)c3ccc4ncsc4c3)[nH]c(=O)c2c1C. The van der Waals surface area contributed by atoms with Gasteiger partial charge in [-0.05, 0) is 44.5 Å². The Bertz CT molecular complexity index is 1210. The summed E-state index contributed by atoms with van der Waals surface area (Å²) in [5, 5.41) is 0.602. The van der Waals surface area contributed by atoms with Gasteiger partial charge in [0, 0.05) is 4.88 Å². The summed E-state index contributed by atoms with van der Waals surface area (Å²) in [6, 6.07) is 5.23. The zero-order valence-corrected chi connectivity index (χ0v) is 16.0. The number of esters is 1. The van der Waals surface area contributed by atoms with E-state index in [2.05, 4.69) is 15.0 Å². The summed E-state index contributed by atoms with van der Waals surface area (Å²) < 4.78 is 6.43. The lowest BCUT2D eigenvalue weighted by molar-refractivity contribution is 0.0320. The highest BCUT2D eigenvalue weighted by molar-refractivity contribution is 7.18. The van der Waals surface area contributed by atoms with Crippen LogP contribution >= 0.6 is 22.7 Å². The van der Waals surface area contributed by atoms with E-state index in [9.17, 15) is 9.59 Å². The number of nitrogens with zero attached hydrogens (tertiary/aromatic N) is 2. The fourth-order valence-electron chi connectivity index (χ4n) is 2.73. The summed E-state index contributed by atoms with van der Waals surface area (Å²) in [6.07, 6.45) is -0.667. The molecule has 3 heterocycles. The number of carbonyl (C=O) groups is 1. The number of nitrogens with one attached hydrogen (secondary N) is 1. The maximum Gasteiger partial charge on any atom is 0.338 e. The van der Waals surface area contributed by atoms with Crippen molar-refractivity contribution in [3.05, 3.63) is 55.9 Å². The zero-order valence-electron chi connectivity index (χ0n) is 14.3. The Hall–Kier alpha value is -2.58. The fraction of sp³-hybridized carbons (Fsp3) is 0.222. The number of thiophene rings is 1. The lowest BCUT2D eigenvalue weighted by atomic mass is 10.2. The van der Waals surface area contributed by atoms with Gasteiger partial charge in [0.05, 0.1) is 26.7 Å². The Labute approximate surface area is 156 Å². The maximum absolute atomic E-state index is 12.4. The van der Waals surface area contributed by atoms with Crippen LogP contribution in [0.5, 0.6) is 0 Å². The molecule has 0 saturated carbocycles.